The highest BCUT2D eigenvalue weighted by Crippen LogP contribution is 2.50. The number of fused-ring (bicyclic) bond motifs is 1. The molecule has 0 amide bonds. The van der Waals surface area contributed by atoms with Gasteiger partial charge >= 0.3 is 0 Å². The molecule has 0 N–H and O–H groups in total. The van der Waals surface area contributed by atoms with Crippen molar-refractivity contribution in [2.45, 2.75) is 9.64 Å². The summed E-state index contributed by atoms with van der Waals surface area (Å²) in [5.74, 6) is -0.272. The largest absolute Gasteiger partial charge is 0.292 e. The van der Waals surface area contributed by atoms with Gasteiger partial charge in [-0.1, -0.05) is 84.6 Å². The average molecular weight is 330 g/mol. The number of carbonyl (C=O) groups excluding carboxylic acids is 2. The van der Waals surface area contributed by atoms with Crippen molar-refractivity contribution in [3.63, 3.8) is 0 Å². The second-order valence-electron chi connectivity index (χ2n) is 5.67. The van der Waals surface area contributed by atoms with E-state index >= 15 is 0 Å². The number of hydrogen-bond donors (Lipinski definition) is 0. The Kier molecular flexibility index (Phi) is 3.58. The van der Waals surface area contributed by atoms with Gasteiger partial charge in [0, 0.05) is 16.0 Å². The highest BCUT2D eigenvalue weighted by Gasteiger charge is 2.54. The molecule has 1 aliphatic carbocycles. The second-order valence-corrected chi connectivity index (χ2v) is 6.95. The molecule has 0 unspecified atom stereocenters. The molecule has 0 spiro atoms. The van der Waals surface area contributed by atoms with E-state index < -0.39 is 4.75 Å². The smallest absolute Gasteiger partial charge is 0.192 e. The quantitative estimate of drug-likeness (QED) is 0.650. The van der Waals surface area contributed by atoms with Gasteiger partial charge in [0.25, 0.3) is 0 Å². The van der Waals surface area contributed by atoms with Crippen LogP contribution in [-0.2, 0) is 4.75 Å². The van der Waals surface area contributed by atoms with Crippen molar-refractivity contribution >= 4 is 23.3 Å². The number of rotatable bonds is 3. The van der Waals surface area contributed by atoms with Crippen LogP contribution in [0.25, 0.3) is 0 Å². The number of carbonyl (C=O) groups is 2. The Morgan fingerprint density at radius 2 is 1.04 bits per heavy atom. The first-order valence-corrected chi connectivity index (χ1v) is 8.53. The topological polar surface area (TPSA) is 34.1 Å². The Morgan fingerprint density at radius 1 is 0.583 bits per heavy atom. The Labute approximate surface area is 144 Å². The molecule has 0 saturated carbocycles. The third-order valence-electron chi connectivity index (χ3n) is 4.25. The van der Waals surface area contributed by atoms with Crippen molar-refractivity contribution in [1.29, 1.82) is 0 Å². The van der Waals surface area contributed by atoms with E-state index in [-0.39, 0.29) is 11.6 Å². The first kappa shape index (κ1) is 14.9. The standard InChI is InChI=1S/C21H14O2S/c22-19-17-13-7-8-14-18(17)20(23)21(19,15-9-3-1-4-10-15)24-16-11-5-2-6-12-16/h1-14H. The molecule has 0 aromatic heterocycles. The highest BCUT2D eigenvalue weighted by molar-refractivity contribution is 8.02. The van der Waals surface area contributed by atoms with Crippen molar-refractivity contribution in [1.82, 2.24) is 0 Å². The zero-order valence-corrected chi connectivity index (χ0v) is 13.6. The maximum atomic E-state index is 13.3. The summed E-state index contributed by atoms with van der Waals surface area (Å²) in [6.45, 7) is 0. The Hall–Kier alpha value is -2.65. The average Bonchev–Trinajstić information content (AvgIpc) is 2.86. The summed E-state index contributed by atoms with van der Waals surface area (Å²) in [6.07, 6.45) is 0. The molecule has 4 rings (SSSR count). The zero-order chi connectivity index (χ0) is 16.6. The van der Waals surface area contributed by atoms with Crippen LogP contribution in [0.3, 0.4) is 0 Å². The van der Waals surface area contributed by atoms with Crippen LogP contribution in [-0.4, -0.2) is 11.6 Å². The Bertz CT molecular complexity index is 882. The van der Waals surface area contributed by atoms with Gasteiger partial charge in [-0.3, -0.25) is 9.59 Å². The summed E-state index contributed by atoms with van der Waals surface area (Å²) in [5.41, 5.74) is 1.75. The maximum Gasteiger partial charge on any atom is 0.192 e. The van der Waals surface area contributed by atoms with Crippen molar-refractivity contribution < 1.29 is 9.59 Å². The minimum atomic E-state index is -1.24. The Balaban J connectivity index is 1.93. The lowest BCUT2D eigenvalue weighted by molar-refractivity contribution is 0.0866. The molecule has 3 aromatic carbocycles. The molecule has 116 valence electrons. The molecule has 0 radical (unpaired) electrons. The molecule has 0 heterocycles. The van der Waals surface area contributed by atoms with Crippen LogP contribution in [0.1, 0.15) is 26.3 Å². The lowest BCUT2D eigenvalue weighted by atomic mass is 9.93. The van der Waals surface area contributed by atoms with Crippen molar-refractivity contribution in [2.24, 2.45) is 0 Å². The van der Waals surface area contributed by atoms with Gasteiger partial charge < -0.3 is 0 Å². The Morgan fingerprint density at radius 3 is 1.58 bits per heavy atom. The van der Waals surface area contributed by atoms with Gasteiger partial charge in [0.2, 0.25) is 0 Å². The van der Waals surface area contributed by atoms with E-state index in [9.17, 15) is 9.59 Å². The predicted molar refractivity (Wildman–Crippen MR) is 95.5 cm³/mol. The van der Waals surface area contributed by atoms with E-state index in [1.54, 1.807) is 24.3 Å². The van der Waals surface area contributed by atoms with Gasteiger partial charge in [-0.2, -0.15) is 0 Å². The van der Waals surface area contributed by atoms with E-state index in [1.807, 2.05) is 60.7 Å². The fourth-order valence-electron chi connectivity index (χ4n) is 3.11. The van der Waals surface area contributed by atoms with Crippen LogP contribution in [0, 0.1) is 0 Å². The lowest BCUT2D eigenvalue weighted by Gasteiger charge is -2.26. The van der Waals surface area contributed by atoms with Crippen LogP contribution in [0.4, 0.5) is 0 Å². The summed E-state index contributed by atoms with van der Waals surface area (Å²) in [6, 6.07) is 26.0. The molecule has 1 aliphatic rings. The van der Waals surface area contributed by atoms with Gasteiger partial charge in [0.15, 0.2) is 16.3 Å². The minimum absolute atomic E-state index is 0.136. The van der Waals surface area contributed by atoms with Gasteiger partial charge in [0.1, 0.15) is 0 Å². The molecule has 0 atom stereocenters. The van der Waals surface area contributed by atoms with Gasteiger partial charge in [-0.15, -0.1) is 0 Å². The van der Waals surface area contributed by atoms with Crippen LogP contribution in [0.2, 0.25) is 0 Å². The summed E-state index contributed by atoms with van der Waals surface area (Å²) < 4.78 is -1.24. The molecular formula is C21H14O2S. The van der Waals surface area contributed by atoms with Gasteiger partial charge in [-0.05, 0) is 17.7 Å². The molecule has 3 heteroatoms. The minimum Gasteiger partial charge on any atom is -0.292 e. The molecule has 0 aliphatic heterocycles. The summed E-state index contributed by atoms with van der Waals surface area (Å²) in [7, 11) is 0. The first-order chi connectivity index (χ1) is 11.7. The number of hydrogen-bond acceptors (Lipinski definition) is 3. The van der Waals surface area contributed by atoms with Crippen LogP contribution < -0.4 is 0 Å². The summed E-state index contributed by atoms with van der Waals surface area (Å²) in [5, 5.41) is 0. The zero-order valence-electron chi connectivity index (χ0n) is 12.8. The molecule has 0 fully saturated rings. The normalized spacial score (nSPS) is 15.3. The third kappa shape index (κ3) is 2.13. The van der Waals surface area contributed by atoms with Gasteiger partial charge in [0.05, 0.1) is 0 Å². The van der Waals surface area contributed by atoms with Crippen molar-refractivity contribution in [3.8, 4) is 0 Å². The van der Waals surface area contributed by atoms with E-state index in [4.69, 9.17) is 0 Å². The number of benzene rings is 3. The highest BCUT2D eigenvalue weighted by atomic mass is 32.2. The lowest BCUT2D eigenvalue weighted by Crippen LogP contribution is -2.34. The summed E-state index contributed by atoms with van der Waals surface area (Å²) in [4.78, 5) is 27.5. The fraction of sp³-hybridized carbons (Fsp3) is 0.0476. The number of thioether (sulfide) groups is 1. The van der Waals surface area contributed by atoms with Crippen molar-refractivity contribution in [3.05, 3.63) is 102 Å². The predicted octanol–water partition coefficient (Wildman–Crippen LogP) is 4.75. The SMILES string of the molecule is O=C1c2ccccc2C(=O)C1(Sc1ccccc1)c1ccccc1. The second kappa shape index (κ2) is 5.77. The van der Waals surface area contributed by atoms with E-state index in [1.165, 1.54) is 11.8 Å². The number of ketones is 2. The molecule has 2 nitrogen and oxygen atoms in total. The third-order valence-corrected chi connectivity index (χ3v) is 5.67. The molecule has 24 heavy (non-hydrogen) atoms. The fourth-order valence-corrected chi connectivity index (χ4v) is 4.42. The molecular weight excluding hydrogens is 316 g/mol. The maximum absolute atomic E-state index is 13.3. The van der Waals surface area contributed by atoms with Crippen LogP contribution in [0.5, 0.6) is 0 Å². The van der Waals surface area contributed by atoms with E-state index in [0.717, 1.165) is 10.5 Å². The van der Waals surface area contributed by atoms with Crippen molar-refractivity contribution in [2.75, 3.05) is 0 Å². The monoisotopic (exact) mass is 330 g/mol. The van der Waals surface area contributed by atoms with Crippen LogP contribution >= 0.6 is 11.8 Å². The van der Waals surface area contributed by atoms with E-state index in [2.05, 4.69) is 0 Å². The van der Waals surface area contributed by atoms with Gasteiger partial charge in [-0.25, -0.2) is 0 Å². The first-order valence-electron chi connectivity index (χ1n) is 7.72. The molecule has 0 saturated heterocycles. The molecule has 0 bridgehead atoms. The molecule has 3 aromatic rings. The van der Waals surface area contributed by atoms with Crippen LogP contribution in [0.15, 0.2) is 89.8 Å². The van der Waals surface area contributed by atoms with E-state index in [0.29, 0.717) is 11.1 Å². The number of Topliss-reactive ketones (excluding diaryl/α,β-unsaturated/α-hetero) is 2. The summed E-state index contributed by atoms with van der Waals surface area (Å²) >= 11 is 1.33.